The van der Waals surface area contributed by atoms with Crippen molar-refractivity contribution in [2.45, 2.75) is 19.0 Å². The molecule has 1 saturated heterocycles. The zero-order chi connectivity index (χ0) is 21.0. The molecule has 0 radical (unpaired) electrons. The van der Waals surface area contributed by atoms with E-state index in [2.05, 4.69) is 29.2 Å². The minimum Gasteiger partial charge on any atom is -0.497 e. The highest BCUT2D eigenvalue weighted by atomic mass is 16.6. The molecule has 6 nitrogen and oxygen atoms in total. The van der Waals surface area contributed by atoms with E-state index >= 15 is 0 Å². The third kappa shape index (κ3) is 7.95. The van der Waals surface area contributed by atoms with E-state index in [1.807, 2.05) is 24.3 Å². The van der Waals surface area contributed by atoms with E-state index in [1.54, 1.807) is 14.2 Å². The molecular formula is C24H33NO5. The largest absolute Gasteiger partial charge is 0.497 e. The van der Waals surface area contributed by atoms with E-state index in [-0.39, 0.29) is 0 Å². The van der Waals surface area contributed by atoms with Crippen molar-refractivity contribution < 1.29 is 23.7 Å². The van der Waals surface area contributed by atoms with Crippen LogP contribution in [0.4, 0.5) is 0 Å². The summed E-state index contributed by atoms with van der Waals surface area (Å²) in [6.45, 7) is 5.59. The predicted molar refractivity (Wildman–Crippen MR) is 116 cm³/mol. The van der Waals surface area contributed by atoms with Crippen LogP contribution in [0.15, 0.2) is 48.5 Å². The molecule has 164 valence electrons. The molecule has 0 aromatic heterocycles. The van der Waals surface area contributed by atoms with Crippen molar-refractivity contribution in [3.05, 3.63) is 59.7 Å². The minimum atomic E-state index is 0.537. The van der Waals surface area contributed by atoms with Crippen molar-refractivity contribution in [1.29, 1.82) is 0 Å². The molecule has 1 aliphatic rings. The third-order valence-corrected chi connectivity index (χ3v) is 5.07. The second kappa shape index (κ2) is 12.5. The Labute approximate surface area is 179 Å². The molecule has 1 aliphatic heterocycles. The molecule has 3 rings (SSSR count). The van der Waals surface area contributed by atoms with Crippen molar-refractivity contribution >= 4 is 0 Å². The number of benzene rings is 2. The van der Waals surface area contributed by atoms with Gasteiger partial charge in [-0.1, -0.05) is 24.3 Å². The second-order valence-electron chi connectivity index (χ2n) is 7.35. The molecule has 1 fully saturated rings. The number of ether oxygens (including phenoxy) is 5. The zero-order valence-electron chi connectivity index (χ0n) is 18.0. The third-order valence-electron chi connectivity index (χ3n) is 5.07. The summed E-state index contributed by atoms with van der Waals surface area (Å²) in [5.74, 6) is 1.78. The van der Waals surface area contributed by atoms with Gasteiger partial charge in [0.05, 0.1) is 40.1 Å². The fourth-order valence-electron chi connectivity index (χ4n) is 3.25. The summed E-state index contributed by atoms with van der Waals surface area (Å²) in [6.07, 6.45) is 1.07. The van der Waals surface area contributed by atoms with Crippen LogP contribution < -0.4 is 9.47 Å². The van der Waals surface area contributed by atoms with Gasteiger partial charge in [0.1, 0.15) is 18.1 Å². The Morgan fingerprint density at radius 1 is 0.733 bits per heavy atom. The van der Waals surface area contributed by atoms with Crippen molar-refractivity contribution in [3.63, 3.8) is 0 Å². The standard InChI is InChI=1S/C24H33NO5/c1-26-11-12-28-13-14-29-15-16-30-24-9-3-20(4-10-24)17-22-19-25(22)18-21-5-7-23(27-2)8-6-21/h3-10,22H,11-19H2,1-2H3. The maximum absolute atomic E-state index is 5.74. The Bertz CT molecular complexity index is 719. The van der Waals surface area contributed by atoms with Crippen LogP contribution in [0.3, 0.4) is 0 Å². The van der Waals surface area contributed by atoms with Crippen molar-refractivity contribution in [3.8, 4) is 11.5 Å². The van der Waals surface area contributed by atoms with E-state index in [1.165, 1.54) is 11.1 Å². The van der Waals surface area contributed by atoms with Crippen LogP contribution in [0, 0.1) is 0 Å². The van der Waals surface area contributed by atoms with Crippen molar-refractivity contribution in [2.24, 2.45) is 0 Å². The van der Waals surface area contributed by atoms with E-state index in [9.17, 15) is 0 Å². The molecule has 0 aliphatic carbocycles. The molecule has 0 amide bonds. The summed E-state index contributed by atoms with van der Waals surface area (Å²) in [4.78, 5) is 2.49. The molecule has 2 aromatic carbocycles. The first-order valence-corrected chi connectivity index (χ1v) is 10.5. The van der Waals surface area contributed by atoms with E-state index in [0.717, 1.165) is 31.0 Å². The highest BCUT2D eigenvalue weighted by Gasteiger charge is 2.33. The van der Waals surface area contributed by atoms with Crippen LogP contribution in [0.2, 0.25) is 0 Å². The van der Waals surface area contributed by atoms with Crippen LogP contribution in [0.1, 0.15) is 11.1 Å². The smallest absolute Gasteiger partial charge is 0.119 e. The van der Waals surface area contributed by atoms with E-state index in [4.69, 9.17) is 23.7 Å². The van der Waals surface area contributed by atoms with Gasteiger partial charge in [-0.05, 0) is 41.8 Å². The van der Waals surface area contributed by atoms with Gasteiger partial charge in [-0.25, -0.2) is 0 Å². The van der Waals surface area contributed by atoms with Gasteiger partial charge in [0.25, 0.3) is 0 Å². The van der Waals surface area contributed by atoms with Gasteiger partial charge in [0, 0.05) is 26.2 Å². The van der Waals surface area contributed by atoms with Gasteiger partial charge < -0.3 is 23.7 Å². The summed E-state index contributed by atoms with van der Waals surface area (Å²) in [6, 6.07) is 17.3. The molecule has 0 saturated carbocycles. The molecule has 30 heavy (non-hydrogen) atoms. The number of hydrogen-bond donors (Lipinski definition) is 0. The first kappa shape index (κ1) is 22.6. The lowest BCUT2D eigenvalue weighted by atomic mass is 10.1. The quantitative estimate of drug-likeness (QED) is 0.329. The van der Waals surface area contributed by atoms with Gasteiger partial charge in [0.15, 0.2) is 0 Å². The van der Waals surface area contributed by atoms with E-state index in [0.29, 0.717) is 45.7 Å². The lowest BCUT2D eigenvalue weighted by molar-refractivity contribution is 0.0180. The van der Waals surface area contributed by atoms with Gasteiger partial charge in [0.2, 0.25) is 0 Å². The van der Waals surface area contributed by atoms with Crippen LogP contribution in [-0.4, -0.2) is 71.3 Å². The van der Waals surface area contributed by atoms with Gasteiger partial charge >= 0.3 is 0 Å². The average Bonchev–Trinajstić information content (AvgIpc) is 3.51. The SMILES string of the molecule is COCCOCCOCCOc1ccc(CC2CN2Cc2ccc(OC)cc2)cc1. The number of hydrogen-bond acceptors (Lipinski definition) is 6. The van der Waals surface area contributed by atoms with Gasteiger partial charge in [-0.2, -0.15) is 0 Å². The molecule has 0 spiro atoms. The monoisotopic (exact) mass is 415 g/mol. The Balaban J connectivity index is 1.27. The average molecular weight is 416 g/mol. The Morgan fingerprint density at radius 2 is 1.33 bits per heavy atom. The van der Waals surface area contributed by atoms with Gasteiger partial charge in [-0.3, -0.25) is 4.90 Å². The zero-order valence-corrected chi connectivity index (χ0v) is 18.0. The minimum absolute atomic E-state index is 0.537. The number of methoxy groups -OCH3 is 2. The van der Waals surface area contributed by atoms with Crippen LogP contribution in [0.25, 0.3) is 0 Å². The summed E-state index contributed by atoms with van der Waals surface area (Å²) < 4.78 is 26.7. The van der Waals surface area contributed by atoms with Crippen LogP contribution in [-0.2, 0) is 27.2 Å². The highest BCUT2D eigenvalue weighted by molar-refractivity contribution is 5.29. The lowest BCUT2D eigenvalue weighted by Crippen LogP contribution is -2.12. The molecule has 2 unspecified atom stereocenters. The summed E-state index contributed by atoms with van der Waals surface area (Å²) in [5.41, 5.74) is 2.67. The molecule has 0 bridgehead atoms. The second-order valence-corrected chi connectivity index (χ2v) is 7.35. The number of nitrogens with zero attached hydrogens (tertiary/aromatic N) is 1. The first-order chi connectivity index (χ1) is 14.8. The summed E-state index contributed by atoms with van der Waals surface area (Å²) in [5, 5.41) is 0. The highest BCUT2D eigenvalue weighted by Crippen LogP contribution is 2.26. The molecule has 2 aromatic rings. The van der Waals surface area contributed by atoms with Crippen LogP contribution >= 0.6 is 0 Å². The molecule has 6 heteroatoms. The van der Waals surface area contributed by atoms with Gasteiger partial charge in [-0.15, -0.1) is 0 Å². The number of rotatable bonds is 15. The maximum Gasteiger partial charge on any atom is 0.119 e. The summed E-state index contributed by atoms with van der Waals surface area (Å²) >= 11 is 0. The Kier molecular flexibility index (Phi) is 9.44. The maximum atomic E-state index is 5.74. The van der Waals surface area contributed by atoms with Crippen molar-refractivity contribution in [2.75, 3.05) is 60.4 Å². The molecule has 0 N–H and O–H groups in total. The molecule has 2 atom stereocenters. The molecular weight excluding hydrogens is 382 g/mol. The Hall–Kier alpha value is -2.12. The fourth-order valence-corrected chi connectivity index (χ4v) is 3.25. The molecule has 1 heterocycles. The summed E-state index contributed by atoms with van der Waals surface area (Å²) in [7, 11) is 3.36. The lowest BCUT2D eigenvalue weighted by Gasteiger charge is -2.09. The van der Waals surface area contributed by atoms with E-state index < -0.39 is 0 Å². The van der Waals surface area contributed by atoms with Crippen LogP contribution in [0.5, 0.6) is 11.5 Å². The Morgan fingerprint density at radius 3 is 2.00 bits per heavy atom. The topological polar surface area (TPSA) is 49.2 Å². The predicted octanol–water partition coefficient (Wildman–Crippen LogP) is 3.18. The normalized spacial score (nSPS) is 17.7. The first-order valence-electron chi connectivity index (χ1n) is 10.5. The van der Waals surface area contributed by atoms with Crippen molar-refractivity contribution in [1.82, 2.24) is 4.90 Å². The fraction of sp³-hybridized carbons (Fsp3) is 0.500.